The lowest BCUT2D eigenvalue weighted by atomic mass is 10.1. The molecule has 1 aromatic heterocycles. The van der Waals surface area contributed by atoms with E-state index >= 15 is 0 Å². The van der Waals surface area contributed by atoms with E-state index in [0.29, 0.717) is 10.7 Å². The second-order valence-corrected chi connectivity index (χ2v) is 6.35. The van der Waals surface area contributed by atoms with E-state index in [2.05, 4.69) is 50.2 Å². The van der Waals surface area contributed by atoms with Crippen LogP contribution < -0.4 is 0 Å². The molecule has 0 radical (unpaired) electrons. The average Bonchev–Trinajstić information content (AvgIpc) is 2.96. The molecule has 0 aliphatic rings. The summed E-state index contributed by atoms with van der Waals surface area (Å²) in [4.78, 5) is 18.9. The zero-order chi connectivity index (χ0) is 14.7. The number of benzene rings is 2. The number of aromatic amines is 1. The van der Waals surface area contributed by atoms with Crippen molar-refractivity contribution in [1.82, 2.24) is 9.97 Å². The number of imidazole rings is 1. The van der Waals surface area contributed by atoms with Gasteiger partial charge in [-0.1, -0.05) is 52.0 Å². The summed E-state index contributed by atoms with van der Waals surface area (Å²) in [6.45, 7) is 0. The molecule has 0 atom stereocenters. The van der Waals surface area contributed by atoms with Gasteiger partial charge in [-0.25, -0.2) is 4.98 Å². The van der Waals surface area contributed by atoms with E-state index in [1.165, 1.54) is 23.7 Å². The van der Waals surface area contributed by atoms with Crippen LogP contribution in [0.25, 0.3) is 11.1 Å². The van der Waals surface area contributed by atoms with Gasteiger partial charge in [0.15, 0.2) is 6.29 Å². The number of rotatable bonds is 4. The van der Waals surface area contributed by atoms with Gasteiger partial charge in [-0.2, -0.15) is 0 Å². The van der Waals surface area contributed by atoms with Crippen LogP contribution in [0, 0.1) is 0 Å². The highest BCUT2D eigenvalue weighted by Crippen LogP contribution is 2.30. The molecule has 0 aliphatic carbocycles. The molecule has 1 N–H and O–H groups in total. The van der Waals surface area contributed by atoms with Crippen molar-refractivity contribution in [2.45, 2.75) is 9.92 Å². The molecule has 3 aromatic rings. The van der Waals surface area contributed by atoms with Crippen molar-refractivity contribution in [2.75, 3.05) is 0 Å². The Bertz CT molecular complexity index is 751. The van der Waals surface area contributed by atoms with Crippen LogP contribution in [0.2, 0.25) is 0 Å². The van der Waals surface area contributed by atoms with Crippen molar-refractivity contribution < 1.29 is 4.79 Å². The third-order valence-corrected chi connectivity index (χ3v) is 4.55. The molecule has 3 rings (SSSR count). The third kappa shape index (κ3) is 3.25. The van der Waals surface area contributed by atoms with Crippen molar-refractivity contribution in [1.29, 1.82) is 0 Å². The number of carbonyl (C=O) groups is 1. The van der Waals surface area contributed by atoms with E-state index in [9.17, 15) is 4.79 Å². The zero-order valence-electron chi connectivity index (χ0n) is 10.9. The van der Waals surface area contributed by atoms with Crippen molar-refractivity contribution in [3.05, 3.63) is 65.0 Å². The molecule has 0 unspecified atom stereocenters. The van der Waals surface area contributed by atoms with Crippen molar-refractivity contribution in [3.8, 4) is 11.1 Å². The SMILES string of the molecule is O=Cc1[nH]cnc1Sc1ccc(-c2ccc(Br)cc2)cc1. The summed E-state index contributed by atoms with van der Waals surface area (Å²) in [5.41, 5.74) is 2.84. The van der Waals surface area contributed by atoms with Gasteiger partial charge in [0, 0.05) is 9.37 Å². The maximum atomic E-state index is 10.9. The molecular weight excluding hydrogens is 348 g/mol. The number of nitrogens with zero attached hydrogens (tertiary/aromatic N) is 1. The molecule has 5 heteroatoms. The fourth-order valence-corrected chi connectivity index (χ4v) is 3.01. The Hall–Kier alpha value is -1.85. The monoisotopic (exact) mass is 358 g/mol. The number of halogens is 1. The predicted molar refractivity (Wildman–Crippen MR) is 87.7 cm³/mol. The summed E-state index contributed by atoms with van der Waals surface area (Å²) in [6, 6.07) is 16.4. The first kappa shape index (κ1) is 14.1. The number of carbonyl (C=O) groups excluding carboxylic acids is 1. The lowest BCUT2D eigenvalue weighted by Gasteiger charge is -2.04. The molecule has 3 nitrogen and oxygen atoms in total. The number of H-pyrrole nitrogens is 1. The minimum Gasteiger partial charge on any atom is -0.341 e. The smallest absolute Gasteiger partial charge is 0.169 e. The molecule has 0 bridgehead atoms. The molecule has 0 fully saturated rings. The Labute approximate surface area is 134 Å². The van der Waals surface area contributed by atoms with Crippen LogP contribution in [0.1, 0.15) is 10.5 Å². The van der Waals surface area contributed by atoms with Crippen molar-refractivity contribution in [3.63, 3.8) is 0 Å². The second-order valence-electron chi connectivity index (χ2n) is 4.37. The van der Waals surface area contributed by atoms with Crippen LogP contribution >= 0.6 is 27.7 Å². The minimum absolute atomic E-state index is 0.511. The average molecular weight is 359 g/mol. The van der Waals surface area contributed by atoms with E-state index in [-0.39, 0.29) is 0 Å². The van der Waals surface area contributed by atoms with Gasteiger partial charge < -0.3 is 4.98 Å². The summed E-state index contributed by atoms with van der Waals surface area (Å²) in [5.74, 6) is 0. The lowest BCUT2D eigenvalue weighted by molar-refractivity contribution is 0.111. The highest BCUT2D eigenvalue weighted by atomic mass is 79.9. The summed E-state index contributed by atoms with van der Waals surface area (Å²) in [6.07, 6.45) is 2.31. The van der Waals surface area contributed by atoms with Gasteiger partial charge in [0.1, 0.15) is 10.7 Å². The predicted octanol–water partition coefficient (Wildman–Crippen LogP) is 4.80. The Morgan fingerprint density at radius 3 is 2.24 bits per heavy atom. The maximum Gasteiger partial charge on any atom is 0.169 e. The fraction of sp³-hybridized carbons (Fsp3) is 0. The van der Waals surface area contributed by atoms with Crippen LogP contribution in [0.3, 0.4) is 0 Å². The molecule has 0 spiro atoms. The summed E-state index contributed by atoms with van der Waals surface area (Å²) >= 11 is 4.91. The zero-order valence-corrected chi connectivity index (χ0v) is 13.3. The van der Waals surface area contributed by atoms with Gasteiger partial charge in [-0.05, 0) is 35.4 Å². The molecule has 0 saturated heterocycles. The van der Waals surface area contributed by atoms with E-state index < -0.39 is 0 Å². The molecule has 1 heterocycles. The number of aromatic nitrogens is 2. The van der Waals surface area contributed by atoms with E-state index in [1.54, 1.807) is 0 Å². The molecule has 0 aliphatic heterocycles. The van der Waals surface area contributed by atoms with Gasteiger partial charge in [0.2, 0.25) is 0 Å². The highest BCUT2D eigenvalue weighted by molar-refractivity contribution is 9.10. The number of hydrogen-bond donors (Lipinski definition) is 1. The highest BCUT2D eigenvalue weighted by Gasteiger charge is 2.06. The summed E-state index contributed by atoms with van der Waals surface area (Å²) in [7, 11) is 0. The Morgan fingerprint density at radius 2 is 1.62 bits per heavy atom. The minimum atomic E-state index is 0.511. The van der Waals surface area contributed by atoms with Gasteiger partial charge in [0.05, 0.1) is 6.33 Å². The lowest BCUT2D eigenvalue weighted by Crippen LogP contribution is -1.83. The van der Waals surface area contributed by atoms with Crippen molar-refractivity contribution >= 4 is 34.0 Å². The normalized spacial score (nSPS) is 10.5. The van der Waals surface area contributed by atoms with E-state index in [4.69, 9.17) is 0 Å². The maximum absolute atomic E-state index is 10.9. The quantitative estimate of drug-likeness (QED) is 0.681. The molecule has 0 saturated carbocycles. The standard InChI is InChI=1S/C16H11BrN2OS/c17-13-5-1-11(2-6-13)12-3-7-14(8-4-12)21-16-15(9-20)18-10-19-16/h1-10H,(H,18,19). The largest absolute Gasteiger partial charge is 0.341 e. The van der Waals surface area contributed by atoms with E-state index in [0.717, 1.165) is 21.2 Å². The van der Waals surface area contributed by atoms with Crippen LogP contribution in [0.15, 0.2) is 69.3 Å². The van der Waals surface area contributed by atoms with Gasteiger partial charge in [0.25, 0.3) is 0 Å². The summed E-state index contributed by atoms with van der Waals surface area (Å²) in [5, 5.41) is 0.696. The first-order valence-corrected chi connectivity index (χ1v) is 7.89. The van der Waals surface area contributed by atoms with E-state index in [1.807, 2.05) is 24.3 Å². The second kappa shape index (κ2) is 6.28. The molecular formula is C16H11BrN2OS. The van der Waals surface area contributed by atoms with Gasteiger partial charge >= 0.3 is 0 Å². The third-order valence-electron chi connectivity index (χ3n) is 3.00. The number of hydrogen-bond acceptors (Lipinski definition) is 3. The summed E-state index contributed by atoms with van der Waals surface area (Å²) < 4.78 is 1.07. The van der Waals surface area contributed by atoms with Crippen LogP contribution in [0.4, 0.5) is 0 Å². The molecule has 0 amide bonds. The Morgan fingerprint density at radius 1 is 1.00 bits per heavy atom. The van der Waals surface area contributed by atoms with Gasteiger partial charge in [-0.15, -0.1) is 0 Å². The topological polar surface area (TPSA) is 45.8 Å². The Kier molecular flexibility index (Phi) is 4.22. The molecule has 104 valence electrons. The number of nitrogens with one attached hydrogen (secondary N) is 1. The first-order valence-electron chi connectivity index (χ1n) is 6.28. The van der Waals surface area contributed by atoms with Crippen molar-refractivity contribution in [2.24, 2.45) is 0 Å². The molecule has 21 heavy (non-hydrogen) atoms. The fourth-order valence-electron chi connectivity index (χ4n) is 1.93. The molecule has 2 aromatic carbocycles. The van der Waals surface area contributed by atoms with Crippen LogP contribution in [0.5, 0.6) is 0 Å². The van der Waals surface area contributed by atoms with Crippen LogP contribution in [-0.2, 0) is 0 Å². The Balaban J connectivity index is 1.81. The number of aldehydes is 1. The van der Waals surface area contributed by atoms with Crippen LogP contribution in [-0.4, -0.2) is 16.3 Å². The van der Waals surface area contributed by atoms with Gasteiger partial charge in [-0.3, -0.25) is 4.79 Å². The first-order chi connectivity index (χ1) is 10.3.